The molecule has 0 amide bonds. The van der Waals surface area contributed by atoms with Gasteiger partial charge in [-0.3, -0.25) is 9.59 Å². The van der Waals surface area contributed by atoms with E-state index in [-0.39, 0.29) is 24.9 Å². The van der Waals surface area contributed by atoms with Gasteiger partial charge in [-0.2, -0.15) is 0 Å². The molecule has 0 saturated heterocycles. The second kappa shape index (κ2) is 11.5. The first-order valence-electron chi connectivity index (χ1n) is 14.2. The van der Waals surface area contributed by atoms with E-state index >= 15 is 0 Å². The Morgan fingerprint density at radius 2 is 1.44 bits per heavy atom. The quantitative estimate of drug-likeness (QED) is 0.141. The third-order valence-corrected chi connectivity index (χ3v) is 8.31. The highest BCUT2D eigenvalue weighted by molar-refractivity contribution is 5.85. The van der Waals surface area contributed by atoms with E-state index in [0.717, 1.165) is 28.7 Å². The summed E-state index contributed by atoms with van der Waals surface area (Å²) in [4.78, 5) is 24.8. The molecule has 0 aliphatic heterocycles. The second-order valence-electron chi connectivity index (χ2n) is 10.7. The molecule has 208 valence electrons. The van der Waals surface area contributed by atoms with Crippen molar-refractivity contribution in [1.82, 2.24) is 0 Å². The maximum Gasteiger partial charge on any atom is 0.317 e. The van der Waals surface area contributed by atoms with Crippen molar-refractivity contribution < 1.29 is 24.2 Å². The summed E-state index contributed by atoms with van der Waals surface area (Å²) in [5, 5.41) is 8.87. The number of aliphatic carboxylic acids is 1. The van der Waals surface area contributed by atoms with Gasteiger partial charge < -0.3 is 20.3 Å². The van der Waals surface area contributed by atoms with Crippen LogP contribution >= 0.6 is 0 Å². The van der Waals surface area contributed by atoms with E-state index < -0.39 is 11.9 Å². The van der Waals surface area contributed by atoms with Gasteiger partial charge in [-0.1, -0.05) is 78.9 Å². The summed E-state index contributed by atoms with van der Waals surface area (Å²) < 4.78 is 12.1. The molecule has 1 atom stereocenters. The molecule has 4 aromatic rings. The SMILES string of the molecule is Nc1c(OCCCCC(=O)O)ccc2c1CCc1ccccc1C2C(=O)OCC1c2ccccc2-c2ccccc21. The van der Waals surface area contributed by atoms with Crippen molar-refractivity contribution in [3.63, 3.8) is 0 Å². The van der Waals surface area contributed by atoms with Crippen molar-refractivity contribution in [2.24, 2.45) is 0 Å². The van der Waals surface area contributed by atoms with Crippen molar-refractivity contribution in [3.05, 3.63) is 118 Å². The second-order valence-corrected chi connectivity index (χ2v) is 10.7. The number of carboxylic acids is 1. The summed E-state index contributed by atoms with van der Waals surface area (Å²) in [6.07, 6.45) is 2.71. The summed E-state index contributed by atoms with van der Waals surface area (Å²) in [6, 6.07) is 28.5. The third-order valence-electron chi connectivity index (χ3n) is 8.31. The zero-order chi connectivity index (χ0) is 28.3. The molecule has 6 rings (SSSR count). The molecule has 2 aliphatic carbocycles. The minimum absolute atomic E-state index is 0.0196. The van der Waals surface area contributed by atoms with Crippen LogP contribution in [0.3, 0.4) is 0 Å². The number of unbranched alkanes of at least 4 members (excludes halogenated alkanes) is 1. The predicted octanol–water partition coefficient (Wildman–Crippen LogP) is 6.49. The maximum absolute atomic E-state index is 14.0. The number of benzene rings is 4. The molecule has 41 heavy (non-hydrogen) atoms. The Morgan fingerprint density at radius 1 is 0.780 bits per heavy atom. The minimum Gasteiger partial charge on any atom is -0.491 e. The predicted molar refractivity (Wildman–Crippen MR) is 158 cm³/mol. The number of rotatable bonds is 9. The van der Waals surface area contributed by atoms with Gasteiger partial charge in [0.15, 0.2) is 0 Å². The number of anilines is 1. The van der Waals surface area contributed by atoms with E-state index in [9.17, 15) is 9.59 Å². The third kappa shape index (κ3) is 5.18. The number of carbonyl (C=O) groups is 2. The van der Waals surface area contributed by atoms with Gasteiger partial charge in [0, 0.05) is 12.3 Å². The Bertz CT molecular complexity index is 1560. The molecule has 6 heteroatoms. The largest absolute Gasteiger partial charge is 0.491 e. The molecule has 0 spiro atoms. The fraction of sp³-hybridized carbons (Fsp3) is 0.257. The van der Waals surface area contributed by atoms with E-state index in [1.165, 1.54) is 22.3 Å². The van der Waals surface area contributed by atoms with Gasteiger partial charge in [0.1, 0.15) is 18.3 Å². The monoisotopic (exact) mass is 547 g/mol. The number of carbonyl (C=O) groups excluding carboxylic acids is 1. The fourth-order valence-corrected chi connectivity index (χ4v) is 6.31. The molecule has 6 nitrogen and oxygen atoms in total. The van der Waals surface area contributed by atoms with Crippen molar-refractivity contribution in [1.29, 1.82) is 0 Å². The number of aryl methyl sites for hydroxylation is 1. The highest BCUT2D eigenvalue weighted by atomic mass is 16.5. The minimum atomic E-state index is -0.812. The van der Waals surface area contributed by atoms with E-state index in [0.29, 0.717) is 37.3 Å². The van der Waals surface area contributed by atoms with Crippen LogP contribution in [0.25, 0.3) is 11.1 Å². The molecule has 0 heterocycles. The Kier molecular flexibility index (Phi) is 7.47. The van der Waals surface area contributed by atoms with Crippen LogP contribution in [0.1, 0.15) is 64.5 Å². The molecule has 0 saturated carbocycles. The molecule has 2 aliphatic rings. The lowest BCUT2D eigenvalue weighted by atomic mass is 9.87. The summed E-state index contributed by atoms with van der Waals surface area (Å²) in [7, 11) is 0. The first-order valence-corrected chi connectivity index (χ1v) is 14.2. The molecule has 0 fully saturated rings. The van der Waals surface area contributed by atoms with Crippen molar-refractivity contribution in [3.8, 4) is 16.9 Å². The van der Waals surface area contributed by atoms with Crippen LogP contribution in [-0.4, -0.2) is 30.3 Å². The summed E-state index contributed by atoms with van der Waals surface area (Å²) in [5.74, 6) is -1.15. The number of carboxylic acid groups (broad SMARTS) is 1. The van der Waals surface area contributed by atoms with Gasteiger partial charge in [0.25, 0.3) is 0 Å². The lowest BCUT2D eigenvalue weighted by Crippen LogP contribution is -2.21. The molecular weight excluding hydrogens is 514 g/mol. The van der Waals surface area contributed by atoms with Crippen LogP contribution in [-0.2, 0) is 27.2 Å². The average molecular weight is 548 g/mol. The number of nitrogen functional groups attached to an aromatic ring is 1. The zero-order valence-electron chi connectivity index (χ0n) is 22.8. The van der Waals surface area contributed by atoms with Crippen LogP contribution in [0.4, 0.5) is 5.69 Å². The van der Waals surface area contributed by atoms with Crippen LogP contribution in [0.15, 0.2) is 84.9 Å². The van der Waals surface area contributed by atoms with Gasteiger partial charge in [0.05, 0.1) is 12.3 Å². The number of esters is 1. The number of hydrogen-bond acceptors (Lipinski definition) is 5. The van der Waals surface area contributed by atoms with E-state index in [4.69, 9.17) is 20.3 Å². The summed E-state index contributed by atoms with van der Waals surface area (Å²) in [6.45, 7) is 0.639. The highest BCUT2D eigenvalue weighted by Gasteiger charge is 2.34. The smallest absolute Gasteiger partial charge is 0.317 e. The van der Waals surface area contributed by atoms with Crippen molar-refractivity contribution in [2.75, 3.05) is 18.9 Å². The molecule has 1 unspecified atom stereocenters. The molecule has 0 aromatic heterocycles. The van der Waals surface area contributed by atoms with Crippen LogP contribution in [0, 0.1) is 0 Å². The van der Waals surface area contributed by atoms with Crippen LogP contribution in [0.5, 0.6) is 5.75 Å². The summed E-state index contributed by atoms with van der Waals surface area (Å²) in [5.41, 5.74) is 15.7. The summed E-state index contributed by atoms with van der Waals surface area (Å²) >= 11 is 0. The number of fused-ring (bicyclic) bond motifs is 5. The Balaban J connectivity index is 1.27. The molecule has 3 N–H and O–H groups in total. The Labute approximate surface area is 239 Å². The zero-order valence-corrected chi connectivity index (χ0v) is 22.8. The number of hydrogen-bond donors (Lipinski definition) is 2. The first-order chi connectivity index (χ1) is 20.0. The van der Waals surface area contributed by atoms with Gasteiger partial charge in [-0.05, 0) is 76.3 Å². The lowest BCUT2D eigenvalue weighted by Gasteiger charge is -2.22. The van der Waals surface area contributed by atoms with Crippen LogP contribution < -0.4 is 10.5 Å². The van der Waals surface area contributed by atoms with Gasteiger partial charge in [-0.15, -0.1) is 0 Å². The maximum atomic E-state index is 14.0. The average Bonchev–Trinajstić information content (AvgIpc) is 3.19. The van der Waals surface area contributed by atoms with Gasteiger partial charge >= 0.3 is 11.9 Å². The topological polar surface area (TPSA) is 98.9 Å². The van der Waals surface area contributed by atoms with E-state index in [1.54, 1.807) is 0 Å². The molecular formula is C35H33NO5. The Hall–Kier alpha value is -4.58. The Morgan fingerprint density at radius 3 is 2.15 bits per heavy atom. The lowest BCUT2D eigenvalue weighted by molar-refractivity contribution is -0.144. The van der Waals surface area contributed by atoms with Gasteiger partial charge in [-0.25, -0.2) is 0 Å². The van der Waals surface area contributed by atoms with Crippen LogP contribution in [0.2, 0.25) is 0 Å². The highest BCUT2D eigenvalue weighted by Crippen LogP contribution is 2.45. The van der Waals surface area contributed by atoms with Crippen molar-refractivity contribution in [2.45, 2.75) is 43.9 Å². The standard InChI is InChI=1S/C35H33NO5/c36-34-29-17-16-22-9-1-2-10-23(22)33(28(29)18-19-31(34)40-20-8-7-15-32(37)38)35(39)41-21-30-26-13-5-3-11-24(26)25-12-4-6-14-27(25)30/h1-6,9-14,18-19,30,33H,7-8,15-17,20-21,36H2,(H,37,38). The van der Waals surface area contributed by atoms with Crippen molar-refractivity contribution >= 4 is 17.6 Å². The van der Waals surface area contributed by atoms with Gasteiger partial charge in [0.2, 0.25) is 0 Å². The molecule has 4 aromatic carbocycles. The molecule has 0 radical (unpaired) electrons. The van der Waals surface area contributed by atoms with E-state index in [1.807, 2.05) is 54.6 Å². The first kappa shape index (κ1) is 26.6. The molecule has 0 bridgehead atoms. The number of nitrogens with two attached hydrogens (primary N) is 1. The number of ether oxygens (including phenoxy) is 2. The fourth-order valence-electron chi connectivity index (χ4n) is 6.31. The van der Waals surface area contributed by atoms with E-state index in [2.05, 4.69) is 30.3 Å². The normalized spacial score (nSPS) is 15.2.